The Kier molecular flexibility index (Phi) is 1.95. The Morgan fingerprint density at radius 3 is 2.35 bits per heavy atom. The van der Waals surface area contributed by atoms with Gasteiger partial charge in [0, 0.05) is 11.4 Å². The van der Waals surface area contributed by atoms with Crippen molar-refractivity contribution >= 4 is 29.2 Å². The molecule has 1 saturated carbocycles. The number of benzene rings is 1. The highest BCUT2D eigenvalue weighted by Crippen LogP contribution is 2.49. The van der Waals surface area contributed by atoms with Crippen molar-refractivity contribution in [3.63, 3.8) is 0 Å². The third-order valence-electron chi connectivity index (χ3n) is 3.56. The Morgan fingerprint density at radius 1 is 1.18 bits per heavy atom. The highest BCUT2D eigenvalue weighted by atomic mass is 35.5. The molecule has 2 aliphatic rings. The Balaban J connectivity index is 2.16. The minimum atomic E-state index is -1.29. The Bertz CT molecular complexity index is 551. The van der Waals surface area contributed by atoms with Gasteiger partial charge in [-0.25, -0.2) is 0 Å². The molecule has 0 radical (unpaired) electrons. The molecule has 3 rings (SSSR count). The molecule has 0 spiro atoms. The number of hydrogen-bond acceptors (Lipinski definition) is 3. The average Bonchev–Trinajstić information content (AvgIpc) is 2.47. The molecule has 1 aliphatic carbocycles. The molecule has 17 heavy (non-hydrogen) atoms. The van der Waals surface area contributed by atoms with Gasteiger partial charge in [-0.05, 0) is 17.7 Å². The summed E-state index contributed by atoms with van der Waals surface area (Å²) in [5, 5.41) is 2.76. The summed E-state index contributed by atoms with van der Waals surface area (Å²) in [6.07, 6.45) is 0.139. The largest absolute Gasteiger partial charge is 0.298 e. The molecule has 2 fully saturated rings. The number of carbonyl (C=O) groups is 3. The van der Waals surface area contributed by atoms with E-state index >= 15 is 0 Å². The van der Waals surface area contributed by atoms with Gasteiger partial charge in [0.2, 0.25) is 11.8 Å². The van der Waals surface area contributed by atoms with Gasteiger partial charge in [0.15, 0.2) is 5.78 Å². The normalized spacial score (nSPS) is 30.9. The van der Waals surface area contributed by atoms with Gasteiger partial charge in [0.25, 0.3) is 0 Å². The summed E-state index contributed by atoms with van der Waals surface area (Å²) in [4.78, 5) is 35.2. The Hall–Kier alpha value is -1.68. The van der Waals surface area contributed by atoms with E-state index < -0.39 is 17.2 Å². The number of carbonyl (C=O) groups excluding carboxylic acids is 3. The molecule has 2 atom stereocenters. The fraction of sp³-hybridized carbons (Fsp3) is 0.250. The second-order valence-corrected chi connectivity index (χ2v) is 4.75. The van der Waals surface area contributed by atoms with Gasteiger partial charge in [-0.15, -0.1) is 0 Å². The summed E-state index contributed by atoms with van der Waals surface area (Å²) >= 11 is 5.77. The van der Waals surface area contributed by atoms with Crippen LogP contribution in [0.25, 0.3) is 0 Å². The van der Waals surface area contributed by atoms with E-state index in [1.54, 1.807) is 24.3 Å². The van der Waals surface area contributed by atoms with E-state index in [2.05, 4.69) is 5.32 Å². The van der Waals surface area contributed by atoms with Crippen LogP contribution in [0, 0.1) is 5.92 Å². The second-order valence-electron chi connectivity index (χ2n) is 4.31. The van der Waals surface area contributed by atoms with Crippen molar-refractivity contribution in [3.05, 3.63) is 34.9 Å². The highest BCUT2D eigenvalue weighted by molar-refractivity contribution is 6.31. The topological polar surface area (TPSA) is 63.2 Å². The summed E-state index contributed by atoms with van der Waals surface area (Å²) in [5.74, 6) is -1.62. The zero-order valence-electron chi connectivity index (χ0n) is 8.70. The molecule has 1 saturated heterocycles. The maximum atomic E-state index is 11.9. The maximum absolute atomic E-state index is 11.9. The second kappa shape index (κ2) is 3.17. The predicted octanol–water partition coefficient (Wildman–Crippen LogP) is 0.823. The van der Waals surface area contributed by atoms with Gasteiger partial charge in [-0.2, -0.15) is 0 Å². The van der Waals surface area contributed by atoms with Gasteiger partial charge < -0.3 is 0 Å². The zero-order valence-corrected chi connectivity index (χ0v) is 9.45. The minimum absolute atomic E-state index is 0.139. The number of ketones is 1. The van der Waals surface area contributed by atoms with Crippen LogP contribution in [0.5, 0.6) is 0 Å². The van der Waals surface area contributed by atoms with Crippen LogP contribution in [-0.4, -0.2) is 17.6 Å². The zero-order chi connectivity index (χ0) is 12.2. The maximum Gasteiger partial charge on any atom is 0.245 e. The summed E-state index contributed by atoms with van der Waals surface area (Å²) in [5.41, 5.74) is -0.742. The van der Waals surface area contributed by atoms with Crippen molar-refractivity contribution in [2.45, 2.75) is 11.8 Å². The molecule has 2 amide bonds. The van der Waals surface area contributed by atoms with Crippen LogP contribution in [0.1, 0.15) is 12.0 Å². The van der Waals surface area contributed by atoms with E-state index in [9.17, 15) is 14.4 Å². The number of amides is 2. The molecule has 1 heterocycles. The molecule has 1 aromatic carbocycles. The standard InChI is InChI=1S/C12H8ClNO3/c13-7-3-1-6(2-4-7)12-8(5-9(12)15)10(16)14-11(12)17/h1-4,8H,5H2,(H,14,16,17). The SMILES string of the molecule is O=C1NC(=O)C2(c3ccc(Cl)cc3)C(=O)CC12. The van der Waals surface area contributed by atoms with E-state index in [-0.39, 0.29) is 18.1 Å². The number of Topliss-reactive ketones (excluding diaryl/α,β-unsaturated/α-hetero) is 1. The molecular weight excluding hydrogens is 242 g/mol. The summed E-state index contributed by atoms with van der Waals surface area (Å²) in [6, 6.07) is 6.49. The fourth-order valence-corrected chi connectivity index (χ4v) is 2.77. The van der Waals surface area contributed by atoms with Gasteiger partial charge >= 0.3 is 0 Å². The third kappa shape index (κ3) is 1.11. The van der Waals surface area contributed by atoms with E-state index in [1.165, 1.54) is 0 Å². The van der Waals surface area contributed by atoms with Crippen molar-refractivity contribution < 1.29 is 14.4 Å². The lowest BCUT2D eigenvalue weighted by atomic mass is 9.57. The molecule has 0 aromatic heterocycles. The molecular formula is C12H8ClNO3. The minimum Gasteiger partial charge on any atom is -0.298 e. The quantitative estimate of drug-likeness (QED) is 0.592. The molecule has 0 bridgehead atoms. The average molecular weight is 250 g/mol. The molecule has 1 N–H and O–H groups in total. The lowest BCUT2D eigenvalue weighted by Gasteiger charge is -2.38. The first-order chi connectivity index (χ1) is 8.06. The summed E-state index contributed by atoms with van der Waals surface area (Å²) < 4.78 is 0. The Morgan fingerprint density at radius 2 is 1.82 bits per heavy atom. The van der Waals surface area contributed by atoms with Crippen molar-refractivity contribution in [2.75, 3.05) is 0 Å². The van der Waals surface area contributed by atoms with E-state index in [0.29, 0.717) is 10.6 Å². The molecule has 1 aromatic rings. The van der Waals surface area contributed by atoms with Crippen molar-refractivity contribution in [2.24, 2.45) is 5.92 Å². The lowest BCUT2D eigenvalue weighted by molar-refractivity contribution is -0.146. The van der Waals surface area contributed by atoms with Crippen LogP contribution in [0.3, 0.4) is 0 Å². The smallest absolute Gasteiger partial charge is 0.245 e. The third-order valence-corrected chi connectivity index (χ3v) is 3.81. The number of rotatable bonds is 1. The molecule has 5 heteroatoms. The fourth-order valence-electron chi connectivity index (χ4n) is 2.64. The molecule has 1 aliphatic heterocycles. The van der Waals surface area contributed by atoms with Gasteiger partial charge in [-0.3, -0.25) is 19.7 Å². The number of imide groups is 1. The predicted molar refractivity (Wildman–Crippen MR) is 59.4 cm³/mol. The Labute approximate surface area is 102 Å². The van der Waals surface area contributed by atoms with Crippen molar-refractivity contribution in [1.82, 2.24) is 5.32 Å². The number of halogens is 1. The number of hydrogen-bond donors (Lipinski definition) is 1. The first-order valence-electron chi connectivity index (χ1n) is 5.21. The molecule has 4 nitrogen and oxygen atoms in total. The van der Waals surface area contributed by atoms with Crippen molar-refractivity contribution in [3.8, 4) is 0 Å². The molecule has 86 valence electrons. The van der Waals surface area contributed by atoms with Crippen LogP contribution in [0.15, 0.2) is 24.3 Å². The summed E-state index contributed by atoms with van der Waals surface area (Å²) in [7, 11) is 0. The van der Waals surface area contributed by atoms with Crippen LogP contribution >= 0.6 is 11.6 Å². The van der Waals surface area contributed by atoms with Crippen LogP contribution in [0.2, 0.25) is 5.02 Å². The van der Waals surface area contributed by atoms with E-state index in [4.69, 9.17) is 11.6 Å². The number of nitrogens with one attached hydrogen (secondary N) is 1. The molecule has 2 unspecified atom stereocenters. The number of fused-ring (bicyclic) bond motifs is 1. The summed E-state index contributed by atoms with van der Waals surface area (Å²) in [6.45, 7) is 0. The van der Waals surface area contributed by atoms with Gasteiger partial charge in [0.05, 0.1) is 5.92 Å². The van der Waals surface area contributed by atoms with Crippen LogP contribution in [-0.2, 0) is 19.8 Å². The van der Waals surface area contributed by atoms with E-state index in [0.717, 1.165) is 0 Å². The van der Waals surface area contributed by atoms with Crippen LogP contribution in [0.4, 0.5) is 0 Å². The van der Waals surface area contributed by atoms with Crippen molar-refractivity contribution in [1.29, 1.82) is 0 Å². The van der Waals surface area contributed by atoms with Gasteiger partial charge in [-0.1, -0.05) is 23.7 Å². The first kappa shape index (κ1) is 10.5. The monoisotopic (exact) mass is 249 g/mol. The van der Waals surface area contributed by atoms with E-state index in [1.807, 2.05) is 0 Å². The lowest BCUT2D eigenvalue weighted by Crippen LogP contribution is -2.56. The van der Waals surface area contributed by atoms with Gasteiger partial charge in [0.1, 0.15) is 5.41 Å². The van der Waals surface area contributed by atoms with Crippen LogP contribution < -0.4 is 5.32 Å². The highest BCUT2D eigenvalue weighted by Gasteiger charge is 2.68. The first-order valence-corrected chi connectivity index (χ1v) is 5.59.